The molecule has 1 aliphatic rings. The van der Waals surface area contributed by atoms with Crippen molar-refractivity contribution in [1.29, 1.82) is 0 Å². The van der Waals surface area contributed by atoms with Gasteiger partial charge in [0.1, 0.15) is 0 Å². The fraction of sp³-hybridized carbons (Fsp3) is 0.250. The SMILES string of the molecule is C=C1/C=C\C=C/CC(C)/C=C\C(C)=C/C(=C)N1. The minimum atomic E-state index is 0.549. The number of hydrogen-bond acceptors (Lipinski definition) is 1. The van der Waals surface area contributed by atoms with Gasteiger partial charge in [0, 0.05) is 11.4 Å². The summed E-state index contributed by atoms with van der Waals surface area (Å²) in [6.07, 6.45) is 15.6. The molecule has 1 rings (SSSR count). The molecule has 1 N–H and O–H groups in total. The van der Waals surface area contributed by atoms with Crippen molar-refractivity contribution in [2.24, 2.45) is 5.92 Å². The summed E-state index contributed by atoms with van der Waals surface area (Å²) in [5.74, 6) is 0.549. The van der Waals surface area contributed by atoms with Gasteiger partial charge < -0.3 is 5.32 Å². The maximum Gasteiger partial charge on any atom is 0.0313 e. The van der Waals surface area contributed by atoms with E-state index in [4.69, 9.17) is 0 Å². The lowest BCUT2D eigenvalue weighted by Crippen LogP contribution is -2.07. The maximum atomic E-state index is 3.95. The van der Waals surface area contributed by atoms with Crippen LogP contribution in [0.15, 0.2) is 72.7 Å². The van der Waals surface area contributed by atoms with E-state index in [1.54, 1.807) is 0 Å². The van der Waals surface area contributed by atoms with Crippen molar-refractivity contribution in [1.82, 2.24) is 5.32 Å². The minimum absolute atomic E-state index is 0.549. The second-order valence-corrected chi connectivity index (χ2v) is 4.42. The second kappa shape index (κ2) is 6.74. The molecule has 90 valence electrons. The molecule has 0 aromatic heterocycles. The lowest BCUT2D eigenvalue weighted by Gasteiger charge is -2.05. The van der Waals surface area contributed by atoms with Crippen molar-refractivity contribution < 1.29 is 0 Å². The molecule has 0 fully saturated rings. The molecule has 0 aromatic rings. The van der Waals surface area contributed by atoms with Crippen molar-refractivity contribution in [2.75, 3.05) is 0 Å². The topological polar surface area (TPSA) is 12.0 Å². The van der Waals surface area contributed by atoms with Crippen molar-refractivity contribution >= 4 is 0 Å². The Hall–Kier alpha value is -1.76. The van der Waals surface area contributed by atoms with Gasteiger partial charge >= 0.3 is 0 Å². The summed E-state index contributed by atoms with van der Waals surface area (Å²) < 4.78 is 0. The second-order valence-electron chi connectivity index (χ2n) is 4.42. The third-order valence-corrected chi connectivity index (χ3v) is 2.46. The van der Waals surface area contributed by atoms with E-state index in [0.29, 0.717) is 5.92 Å². The van der Waals surface area contributed by atoms with Crippen LogP contribution in [0.25, 0.3) is 0 Å². The Morgan fingerprint density at radius 1 is 1.18 bits per heavy atom. The molecule has 0 saturated heterocycles. The Bertz CT molecular complexity index is 405. The van der Waals surface area contributed by atoms with E-state index in [1.165, 1.54) is 5.57 Å². The monoisotopic (exact) mass is 227 g/mol. The maximum absolute atomic E-state index is 3.95. The molecule has 0 aromatic carbocycles. The molecule has 0 saturated carbocycles. The highest BCUT2D eigenvalue weighted by molar-refractivity contribution is 5.31. The summed E-state index contributed by atoms with van der Waals surface area (Å²) in [6, 6.07) is 0. The fourth-order valence-electron chi connectivity index (χ4n) is 1.55. The molecule has 1 heteroatoms. The molecule has 1 nitrogen and oxygen atoms in total. The first-order valence-corrected chi connectivity index (χ1v) is 5.92. The summed E-state index contributed by atoms with van der Waals surface area (Å²) in [5.41, 5.74) is 2.90. The molecule has 1 heterocycles. The molecule has 1 atom stereocenters. The molecule has 0 bridgehead atoms. The predicted octanol–water partition coefficient (Wildman–Crippen LogP) is 4.26. The molecule has 17 heavy (non-hydrogen) atoms. The Kier molecular flexibility index (Phi) is 5.28. The van der Waals surface area contributed by atoms with Crippen molar-refractivity contribution in [2.45, 2.75) is 20.3 Å². The van der Waals surface area contributed by atoms with E-state index in [0.717, 1.165) is 17.8 Å². The standard InChI is InChI=1S/C16H21N/c1-13-8-6-5-7-9-15(3)17-16(4)12-14(2)11-10-13/h5-7,9-13,17H,3-4,8H2,1-2H3/b6-5-,9-7-,11-10-,14-12-. The van der Waals surface area contributed by atoms with E-state index < -0.39 is 0 Å². The van der Waals surface area contributed by atoms with Gasteiger partial charge in [-0.05, 0) is 37.0 Å². The summed E-state index contributed by atoms with van der Waals surface area (Å²) >= 11 is 0. The van der Waals surface area contributed by atoms with Crippen LogP contribution < -0.4 is 5.32 Å². The zero-order valence-corrected chi connectivity index (χ0v) is 10.7. The van der Waals surface area contributed by atoms with Gasteiger partial charge in [0.15, 0.2) is 0 Å². The number of nitrogens with one attached hydrogen (secondary N) is 1. The van der Waals surface area contributed by atoms with Crippen LogP contribution in [0.3, 0.4) is 0 Å². The van der Waals surface area contributed by atoms with E-state index in [9.17, 15) is 0 Å². The minimum Gasteiger partial charge on any atom is -0.356 e. The van der Waals surface area contributed by atoms with Gasteiger partial charge in [0.05, 0.1) is 0 Å². The van der Waals surface area contributed by atoms with Gasteiger partial charge in [-0.3, -0.25) is 0 Å². The Labute approximate surface area is 105 Å². The third-order valence-electron chi connectivity index (χ3n) is 2.46. The fourth-order valence-corrected chi connectivity index (χ4v) is 1.55. The molecule has 0 amide bonds. The molecule has 1 unspecified atom stereocenters. The third kappa shape index (κ3) is 5.76. The van der Waals surface area contributed by atoms with Gasteiger partial charge in [-0.25, -0.2) is 0 Å². The molecule has 0 aliphatic carbocycles. The van der Waals surface area contributed by atoms with Crippen LogP contribution in [0, 0.1) is 5.92 Å². The summed E-state index contributed by atoms with van der Waals surface area (Å²) in [5, 5.41) is 3.14. The lowest BCUT2D eigenvalue weighted by atomic mass is 10.1. The van der Waals surface area contributed by atoms with Crippen molar-refractivity contribution in [3.8, 4) is 0 Å². The van der Waals surface area contributed by atoms with E-state index >= 15 is 0 Å². The summed E-state index contributed by atoms with van der Waals surface area (Å²) in [7, 11) is 0. The smallest absolute Gasteiger partial charge is 0.0313 e. The number of hydrogen-bond donors (Lipinski definition) is 1. The van der Waals surface area contributed by atoms with E-state index in [-0.39, 0.29) is 0 Å². The Morgan fingerprint density at radius 3 is 2.71 bits per heavy atom. The van der Waals surface area contributed by atoms with E-state index in [2.05, 4.69) is 56.6 Å². The number of rotatable bonds is 0. The van der Waals surface area contributed by atoms with Crippen LogP contribution in [0.1, 0.15) is 20.3 Å². The normalized spacial score (nSPS) is 30.9. The van der Waals surface area contributed by atoms with Gasteiger partial charge in [0.25, 0.3) is 0 Å². The highest BCUT2D eigenvalue weighted by Crippen LogP contribution is 2.09. The highest BCUT2D eigenvalue weighted by Gasteiger charge is 1.95. The first-order chi connectivity index (χ1) is 8.08. The Morgan fingerprint density at radius 2 is 1.94 bits per heavy atom. The quantitative estimate of drug-likeness (QED) is 0.652. The first-order valence-electron chi connectivity index (χ1n) is 5.92. The summed E-state index contributed by atoms with van der Waals surface area (Å²) in [4.78, 5) is 0. The van der Waals surface area contributed by atoms with Crippen molar-refractivity contribution in [3.63, 3.8) is 0 Å². The van der Waals surface area contributed by atoms with Crippen molar-refractivity contribution in [3.05, 3.63) is 72.7 Å². The molecule has 1 aliphatic heterocycles. The predicted molar refractivity (Wildman–Crippen MR) is 76.4 cm³/mol. The average Bonchev–Trinajstić information content (AvgIpc) is 2.25. The first kappa shape index (κ1) is 13.3. The van der Waals surface area contributed by atoms with Crippen LogP contribution in [-0.4, -0.2) is 0 Å². The zero-order chi connectivity index (χ0) is 12.7. The van der Waals surface area contributed by atoms with Crippen LogP contribution >= 0.6 is 0 Å². The van der Waals surface area contributed by atoms with Gasteiger partial charge in [-0.2, -0.15) is 0 Å². The average molecular weight is 227 g/mol. The van der Waals surface area contributed by atoms with Gasteiger partial charge in [-0.15, -0.1) is 0 Å². The molecule has 0 radical (unpaired) electrons. The number of allylic oxidation sites excluding steroid dienone is 8. The zero-order valence-electron chi connectivity index (χ0n) is 10.7. The van der Waals surface area contributed by atoms with Crippen LogP contribution in [0.4, 0.5) is 0 Å². The van der Waals surface area contributed by atoms with E-state index in [1.807, 2.05) is 18.2 Å². The molecule has 0 spiro atoms. The Balaban J connectivity index is 2.88. The highest BCUT2D eigenvalue weighted by atomic mass is 14.9. The van der Waals surface area contributed by atoms with Crippen LogP contribution in [0.5, 0.6) is 0 Å². The van der Waals surface area contributed by atoms with Crippen LogP contribution in [0.2, 0.25) is 0 Å². The van der Waals surface area contributed by atoms with Gasteiger partial charge in [-0.1, -0.05) is 50.5 Å². The van der Waals surface area contributed by atoms with Crippen LogP contribution in [-0.2, 0) is 0 Å². The van der Waals surface area contributed by atoms with Gasteiger partial charge in [0.2, 0.25) is 0 Å². The lowest BCUT2D eigenvalue weighted by molar-refractivity contribution is 0.744. The molecular weight excluding hydrogens is 206 g/mol. The largest absolute Gasteiger partial charge is 0.356 e. The molecular formula is C16H21N. The summed E-state index contributed by atoms with van der Waals surface area (Å²) in [6.45, 7) is 12.2.